The Morgan fingerprint density at radius 3 is 2.38 bits per heavy atom. The van der Waals surface area contributed by atoms with E-state index in [0.29, 0.717) is 13.0 Å². The zero-order chi connectivity index (χ0) is 9.94. The molecular formula is C9H20N2O2. The molecule has 0 atom stereocenters. The standard InChI is InChI=1S/C9H20N2O2/c10-6-2-1-3-7-13-8-4-5-9(11)12/h1-8,10H2,(H2,11,12). The Hall–Kier alpha value is -0.610. The highest BCUT2D eigenvalue weighted by Crippen LogP contribution is 1.95. The molecule has 0 heterocycles. The Labute approximate surface area is 79.6 Å². The van der Waals surface area contributed by atoms with E-state index in [2.05, 4.69) is 0 Å². The van der Waals surface area contributed by atoms with Gasteiger partial charge in [0.1, 0.15) is 0 Å². The summed E-state index contributed by atoms with van der Waals surface area (Å²) >= 11 is 0. The van der Waals surface area contributed by atoms with Crippen LogP contribution in [-0.4, -0.2) is 25.7 Å². The summed E-state index contributed by atoms with van der Waals surface area (Å²) in [5.74, 6) is -0.258. The van der Waals surface area contributed by atoms with E-state index in [4.69, 9.17) is 16.2 Å². The summed E-state index contributed by atoms with van der Waals surface area (Å²) in [6.07, 6.45) is 4.37. The SMILES string of the molecule is NCCCCCOCCCC(N)=O. The van der Waals surface area contributed by atoms with Crippen LogP contribution in [0.1, 0.15) is 32.1 Å². The van der Waals surface area contributed by atoms with E-state index < -0.39 is 0 Å². The van der Waals surface area contributed by atoms with Crippen molar-refractivity contribution in [2.45, 2.75) is 32.1 Å². The molecule has 0 bridgehead atoms. The number of hydrogen-bond donors (Lipinski definition) is 2. The Balaban J connectivity index is 2.87. The first-order valence-electron chi connectivity index (χ1n) is 4.83. The maximum atomic E-state index is 10.3. The number of unbranched alkanes of at least 4 members (excludes halogenated alkanes) is 2. The molecule has 0 aromatic heterocycles. The van der Waals surface area contributed by atoms with Gasteiger partial charge in [0, 0.05) is 19.6 Å². The second-order valence-corrected chi connectivity index (χ2v) is 3.03. The van der Waals surface area contributed by atoms with Crippen molar-refractivity contribution in [1.29, 1.82) is 0 Å². The molecule has 78 valence electrons. The molecule has 4 N–H and O–H groups in total. The second kappa shape index (κ2) is 9.48. The summed E-state index contributed by atoms with van der Waals surface area (Å²) in [6, 6.07) is 0. The summed E-state index contributed by atoms with van der Waals surface area (Å²) < 4.78 is 5.28. The van der Waals surface area contributed by atoms with E-state index in [0.717, 1.165) is 38.8 Å². The van der Waals surface area contributed by atoms with Gasteiger partial charge < -0.3 is 16.2 Å². The summed E-state index contributed by atoms with van der Waals surface area (Å²) in [6.45, 7) is 2.14. The fourth-order valence-corrected chi connectivity index (χ4v) is 0.976. The van der Waals surface area contributed by atoms with Gasteiger partial charge in [0.05, 0.1) is 0 Å². The fourth-order valence-electron chi connectivity index (χ4n) is 0.976. The van der Waals surface area contributed by atoms with Gasteiger partial charge >= 0.3 is 0 Å². The number of hydrogen-bond acceptors (Lipinski definition) is 3. The monoisotopic (exact) mass is 188 g/mol. The molecule has 1 amide bonds. The molecule has 0 unspecified atom stereocenters. The van der Waals surface area contributed by atoms with Crippen molar-refractivity contribution in [3.05, 3.63) is 0 Å². The third kappa shape index (κ3) is 11.4. The van der Waals surface area contributed by atoms with Crippen molar-refractivity contribution in [2.24, 2.45) is 11.5 Å². The molecule has 0 rings (SSSR count). The van der Waals surface area contributed by atoms with Gasteiger partial charge in [-0.3, -0.25) is 4.79 Å². The van der Waals surface area contributed by atoms with Gasteiger partial charge in [-0.25, -0.2) is 0 Å². The molecule has 0 saturated heterocycles. The lowest BCUT2D eigenvalue weighted by atomic mass is 10.2. The highest BCUT2D eigenvalue weighted by Gasteiger charge is 1.94. The first-order valence-corrected chi connectivity index (χ1v) is 4.83. The molecule has 0 aliphatic carbocycles. The largest absolute Gasteiger partial charge is 0.381 e. The average Bonchev–Trinajstić information content (AvgIpc) is 2.09. The Bertz CT molecular complexity index is 129. The normalized spacial score (nSPS) is 10.2. The molecule has 13 heavy (non-hydrogen) atoms. The number of ether oxygens (including phenoxy) is 1. The fraction of sp³-hybridized carbons (Fsp3) is 0.889. The molecule has 0 aliphatic heterocycles. The first-order chi connectivity index (χ1) is 6.27. The molecule has 4 nitrogen and oxygen atoms in total. The molecule has 4 heteroatoms. The Morgan fingerprint density at radius 1 is 1.08 bits per heavy atom. The summed E-state index contributed by atoms with van der Waals surface area (Å²) in [5, 5.41) is 0. The van der Waals surface area contributed by atoms with Gasteiger partial charge in [0.2, 0.25) is 5.91 Å². The van der Waals surface area contributed by atoms with Gasteiger partial charge in [0.15, 0.2) is 0 Å². The van der Waals surface area contributed by atoms with Crippen LogP contribution >= 0.6 is 0 Å². The topological polar surface area (TPSA) is 78.3 Å². The third-order valence-electron chi connectivity index (χ3n) is 1.70. The Morgan fingerprint density at radius 2 is 1.77 bits per heavy atom. The molecular weight excluding hydrogens is 168 g/mol. The van der Waals surface area contributed by atoms with Crippen molar-refractivity contribution in [3.63, 3.8) is 0 Å². The molecule has 0 aromatic carbocycles. The Kier molecular flexibility index (Phi) is 9.03. The zero-order valence-electron chi connectivity index (χ0n) is 8.13. The van der Waals surface area contributed by atoms with E-state index in [1.54, 1.807) is 0 Å². The highest BCUT2D eigenvalue weighted by molar-refractivity contribution is 5.73. The molecule has 0 aliphatic rings. The minimum atomic E-state index is -0.258. The van der Waals surface area contributed by atoms with E-state index in [1.807, 2.05) is 0 Å². The van der Waals surface area contributed by atoms with Gasteiger partial charge in [-0.05, 0) is 32.2 Å². The summed E-state index contributed by atoms with van der Waals surface area (Å²) in [5.41, 5.74) is 10.3. The van der Waals surface area contributed by atoms with E-state index in [9.17, 15) is 4.79 Å². The lowest BCUT2D eigenvalue weighted by Gasteiger charge is -2.02. The smallest absolute Gasteiger partial charge is 0.217 e. The first kappa shape index (κ1) is 12.4. The van der Waals surface area contributed by atoms with Crippen molar-refractivity contribution >= 4 is 5.91 Å². The molecule has 0 spiro atoms. The third-order valence-corrected chi connectivity index (χ3v) is 1.70. The lowest BCUT2D eigenvalue weighted by molar-refractivity contribution is -0.118. The van der Waals surface area contributed by atoms with Crippen LogP contribution in [0.2, 0.25) is 0 Å². The predicted octanol–water partition coefficient (Wildman–Crippen LogP) is 0.398. The second-order valence-electron chi connectivity index (χ2n) is 3.03. The maximum absolute atomic E-state index is 10.3. The van der Waals surface area contributed by atoms with Crippen molar-refractivity contribution in [1.82, 2.24) is 0 Å². The van der Waals surface area contributed by atoms with Crippen LogP contribution in [0.25, 0.3) is 0 Å². The van der Waals surface area contributed by atoms with Gasteiger partial charge in [-0.2, -0.15) is 0 Å². The van der Waals surface area contributed by atoms with Crippen LogP contribution in [0.4, 0.5) is 0 Å². The molecule has 0 aromatic rings. The van der Waals surface area contributed by atoms with Crippen LogP contribution < -0.4 is 11.5 Å². The number of amides is 1. The van der Waals surface area contributed by atoms with Gasteiger partial charge in [0.25, 0.3) is 0 Å². The average molecular weight is 188 g/mol. The maximum Gasteiger partial charge on any atom is 0.217 e. The highest BCUT2D eigenvalue weighted by atomic mass is 16.5. The number of carbonyl (C=O) groups is 1. The summed E-state index contributed by atoms with van der Waals surface area (Å²) in [4.78, 5) is 10.3. The number of nitrogens with two attached hydrogens (primary N) is 2. The number of rotatable bonds is 9. The van der Waals surface area contributed by atoms with E-state index in [-0.39, 0.29) is 5.91 Å². The number of primary amides is 1. The van der Waals surface area contributed by atoms with Crippen LogP contribution in [0.15, 0.2) is 0 Å². The number of carbonyl (C=O) groups excluding carboxylic acids is 1. The van der Waals surface area contributed by atoms with Gasteiger partial charge in [-0.1, -0.05) is 0 Å². The van der Waals surface area contributed by atoms with E-state index in [1.165, 1.54) is 0 Å². The van der Waals surface area contributed by atoms with E-state index >= 15 is 0 Å². The van der Waals surface area contributed by atoms with Crippen LogP contribution in [0.3, 0.4) is 0 Å². The van der Waals surface area contributed by atoms with Gasteiger partial charge in [-0.15, -0.1) is 0 Å². The zero-order valence-corrected chi connectivity index (χ0v) is 8.13. The quantitative estimate of drug-likeness (QED) is 0.514. The summed E-state index contributed by atoms with van der Waals surface area (Å²) in [7, 11) is 0. The van der Waals surface area contributed by atoms with Crippen molar-refractivity contribution < 1.29 is 9.53 Å². The minimum Gasteiger partial charge on any atom is -0.381 e. The molecule has 0 fully saturated rings. The van der Waals surface area contributed by atoms with Crippen molar-refractivity contribution in [3.8, 4) is 0 Å². The van der Waals surface area contributed by atoms with Crippen LogP contribution in [0.5, 0.6) is 0 Å². The molecule has 0 radical (unpaired) electrons. The molecule has 0 saturated carbocycles. The van der Waals surface area contributed by atoms with Crippen molar-refractivity contribution in [2.75, 3.05) is 19.8 Å². The minimum absolute atomic E-state index is 0.258. The lowest BCUT2D eigenvalue weighted by Crippen LogP contribution is -2.11. The van der Waals surface area contributed by atoms with Crippen LogP contribution in [0, 0.1) is 0 Å². The predicted molar refractivity (Wildman–Crippen MR) is 52.2 cm³/mol. The van der Waals surface area contributed by atoms with Crippen LogP contribution in [-0.2, 0) is 9.53 Å².